The highest BCUT2D eigenvalue weighted by molar-refractivity contribution is 7.99. The number of anilines is 1. The predicted molar refractivity (Wildman–Crippen MR) is 106 cm³/mol. The van der Waals surface area contributed by atoms with Crippen LogP contribution in [0.5, 0.6) is 11.5 Å². The number of hydrogen-bond acceptors (Lipinski definition) is 5. The van der Waals surface area contributed by atoms with E-state index >= 15 is 0 Å². The first-order valence-electron chi connectivity index (χ1n) is 8.51. The smallest absolute Gasteiger partial charge is 0.259 e. The summed E-state index contributed by atoms with van der Waals surface area (Å²) in [6.45, 7) is 1.00. The van der Waals surface area contributed by atoms with Gasteiger partial charge in [0.2, 0.25) is 0 Å². The first-order valence-corrected chi connectivity index (χ1v) is 9.50. The van der Waals surface area contributed by atoms with Crippen molar-refractivity contribution in [1.82, 2.24) is 9.55 Å². The molecule has 7 heteroatoms. The fourth-order valence-electron chi connectivity index (χ4n) is 2.96. The molecule has 0 fully saturated rings. The number of methoxy groups -OCH3 is 2. The van der Waals surface area contributed by atoms with Gasteiger partial charge in [0.1, 0.15) is 11.5 Å². The number of imidazole rings is 1. The van der Waals surface area contributed by atoms with Crippen molar-refractivity contribution in [3.05, 3.63) is 54.2 Å². The molecule has 0 saturated carbocycles. The first kappa shape index (κ1) is 17.5. The van der Waals surface area contributed by atoms with Gasteiger partial charge in [-0.25, -0.2) is 4.98 Å². The van der Waals surface area contributed by atoms with Crippen molar-refractivity contribution in [2.24, 2.45) is 0 Å². The number of nitrogens with one attached hydrogen (secondary N) is 1. The number of aryl methyl sites for hydroxylation is 1. The molecule has 1 amide bonds. The molecule has 1 N–H and O–H groups in total. The number of carbonyl (C=O) groups excluding carboxylic acids is 1. The van der Waals surface area contributed by atoms with E-state index in [1.165, 1.54) is 7.11 Å². The van der Waals surface area contributed by atoms with Crippen molar-refractivity contribution < 1.29 is 14.3 Å². The summed E-state index contributed by atoms with van der Waals surface area (Å²) in [5.74, 6) is 1.95. The normalized spacial score (nSPS) is 12.5. The topological polar surface area (TPSA) is 65.4 Å². The molecule has 0 bridgehead atoms. The highest BCUT2D eigenvalue weighted by Crippen LogP contribution is 2.30. The predicted octanol–water partition coefficient (Wildman–Crippen LogP) is 3.93. The van der Waals surface area contributed by atoms with E-state index in [0.29, 0.717) is 22.7 Å². The molecular weight excluding hydrogens is 362 g/mol. The summed E-state index contributed by atoms with van der Waals surface area (Å²) >= 11 is 1.77. The highest BCUT2D eigenvalue weighted by Gasteiger charge is 2.16. The minimum atomic E-state index is -0.236. The summed E-state index contributed by atoms with van der Waals surface area (Å²) in [6.07, 6.45) is 2.07. The molecule has 1 aromatic heterocycles. The van der Waals surface area contributed by atoms with Gasteiger partial charge in [0.25, 0.3) is 5.91 Å². The molecule has 1 aliphatic rings. The van der Waals surface area contributed by atoms with Gasteiger partial charge in [-0.15, -0.1) is 0 Å². The number of ether oxygens (including phenoxy) is 2. The van der Waals surface area contributed by atoms with E-state index in [1.807, 2.05) is 24.3 Å². The number of nitrogens with zero attached hydrogens (tertiary/aromatic N) is 2. The largest absolute Gasteiger partial charge is 0.497 e. The third-order valence-electron chi connectivity index (χ3n) is 4.40. The first-order chi connectivity index (χ1) is 13.2. The van der Waals surface area contributed by atoms with Crippen molar-refractivity contribution in [3.8, 4) is 22.8 Å². The van der Waals surface area contributed by atoms with E-state index in [0.717, 1.165) is 28.7 Å². The zero-order chi connectivity index (χ0) is 18.8. The lowest BCUT2D eigenvalue weighted by molar-refractivity contribution is 0.102. The van der Waals surface area contributed by atoms with Gasteiger partial charge in [0.05, 0.1) is 25.5 Å². The van der Waals surface area contributed by atoms with Crippen LogP contribution in [0.4, 0.5) is 5.69 Å². The van der Waals surface area contributed by atoms with E-state index in [4.69, 9.17) is 9.47 Å². The molecule has 0 atom stereocenters. The number of carbonyl (C=O) groups is 1. The average Bonchev–Trinajstić information content (AvgIpc) is 3.30. The van der Waals surface area contributed by atoms with Crippen molar-refractivity contribution in [2.45, 2.75) is 11.7 Å². The zero-order valence-corrected chi connectivity index (χ0v) is 15.9. The molecule has 3 aromatic rings. The summed E-state index contributed by atoms with van der Waals surface area (Å²) in [4.78, 5) is 17.2. The quantitative estimate of drug-likeness (QED) is 0.726. The Morgan fingerprint density at radius 3 is 2.67 bits per heavy atom. The van der Waals surface area contributed by atoms with Gasteiger partial charge < -0.3 is 19.4 Å². The zero-order valence-electron chi connectivity index (χ0n) is 15.1. The van der Waals surface area contributed by atoms with Gasteiger partial charge >= 0.3 is 0 Å². The molecular formula is C20H19N3O3S. The van der Waals surface area contributed by atoms with Gasteiger partial charge in [-0.1, -0.05) is 23.9 Å². The van der Waals surface area contributed by atoms with Gasteiger partial charge in [-0.3, -0.25) is 4.79 Å². The number of rotatable bonds is 5. The molecule has 0 aliphatic carbocycles. The van der Waals surface area contributed by atoms with Crippen LogP contribution in [0.2, 0.25) is 0 Å². The van der Waals surface area contributed by atoms with Crippen molar-refractivity contribution in [1.29, 1.82) is 0 Å². The third kappa shape index (κ3) is 3.50. The van der Waals surface area contributed by atoms with E-state index in [1.54, 1.807) is 37.1 Å². The second-order valence-electron chi connectivity index (χ2n) is 6.05. The van der Waals surface area contributed by atoms with Crippen molar-refractivity contribution in [3.63, 3.8) is 0 Å². The molecule has 2 heterocycles. The highest BCUT2D eigenvalue weighted by atomic mass is 32.2. The van der Waals surface area contributed by atoms with Crippen molar-refractivity contribution >= 4 is 23.4 Å². The molecule has 2 aromatic carbocycles. The average molecular weight is 381 g/mol. The molecule has 0 unspecified atom stereocenters. The van der Waals surface area contributed by atoms with E-state index in [-0.39, 0.29) is 5.91 Å². The molecule has 6 nitrogen and oxygen atoms in total. The van der Waals surface area contributed by atoms with Crippen LogP contribution in [0.15, 0.2) is 53.8 Å². The Morgan fingerprint density at radius 2 is 1.96 bits per heavy atom. The molecule has 0 saturated heterocycles. The Labute approximate surface area is 161 Å². The van der Waals surface area contributed by atoms with Crippen LogP contribution in [0.1, 0.15) is 10.4 Å². The molecule has 0 spiro atoms. The lowest BCUT2D eigenvalue weighted by Gasteiger charge is -2.11. The monoisotopic (exact) mass is 381 g/mol. The maximum absolute atomic E-state index is 12.6. The van der Waals surface area contributed by atoms with Gasteiger partial charge in [-0.2, -0.15) is 0 Å². The number of hydrogen-bond donors (Lipinski definition) is 1. The standard InChI is InChI=1S/C20H19N3O3S/c1-25-15-7-8-16(18(11-15)26-2)19(24)21-14-5-3-13(4-6-14)17-12-23-9-10-27-20(23)22-17/h3-8,11-12H,9-10H2,1-2H3,(H,21,24). The fraction of sp³-hybridized carbons (Fsp3) is 0.200. The molecule has 1 aliphatic heterocycles. The van der Waals surface area contributed by atoms with Crippen LogP contribution in [0.25, 0.3) is 11.3 Å². The van der Waals surface area contributed by atoms with Crippen molar-refractivity contribution in [2.75, 3.05) is 25.3 Å². The van der Waals surface area contributed by atoms with Crippen LogP contribution >= 0.6 is 11.8 Å². The Balaban J connectivity index is 1.50. The van der Waals surface area contributed by atoms with E-state index in [2.05, 4.69) is 21.1 Å². The Kier molecular flexibility index (Phi) is 4.77. The number of aromatic nitrogens is 2. The third-order valence-corrected chi connectivity index (χ3v) is 5.37. The van der Waals surface area contributed by atoms with E-state index in [9.17, 15) is 4.79 Å². The van der Waals surface area contributed by atoms with Crippen LogP contribution in [0, 0.1) is 0 Å². The summed E-state index contributed by atoms with van der Waals surface area (Å²) in [6, 6.07) is 12.8. The fourth-order valence-corrected chi connectivity index (χ4v) is 3.90. The van der Waals surface area contributed by atoms with E-state index < -0.39 is 0 Å². The summed E-state index contributed by atoms with van der Waals surface area (Å²) < 4.78 is 12.6. The summed E-state index contributed by atoms with van der Waals surface area (Å²) in [5, 5.41) is 3.96. The molecule has 4 rings (SSSR count). The van der Waals surface area contributed by atoms with Crippen LogP contribution in [0.3, 0.4) is 0 Å². The lowest BCUT2D eigenvalue weighted by Crippen LogP contribution is -2.13. The maximum Gasteiger partial charge on any atom is 0.259 e. The number of amides is 1. The number of benzene rings is 2. The minimum absolute atomic E-state index is 0.236. The molecule has 27 heavy (non-hydrogen) atoms. The second kappa shape index (κ2) is 7.36. The van der Waals surface area contributed by atoms with Crippen LogP contribution < -0.4 is 14.8 Å². The van der Waals surface area contributed by atoms with Gasteiger partial charge in [0, 0.05) is 35.8 Å². The van der Waals surface area contributed by atoms with Crippen LogP contribution in [-0.2, 0) is 6.54 Å². The molecule has 138 valence electrons. The SMILES string of the molecule is COc1ccc(C(=O)Nc2ccc(-c3cn4c(n3)SCC4)cc2)c(OC)c1. The second-order valence-corrected chi connectivity index (χ2v) is 7.11. The minimum Gasteiger partial charge on any atom is -0.497 e. The summed E-state index contributed by atoms with van der Waals surface area (Å²) in [7, 11) is 3.10. The Hall–Kier alpha value is -2.93. The maximum atomic E-state index is 12.6. The van der Waals surface area contributed by atoms with Crippen LogP contribution in [-0.4, -0.2) is 35.4 Å². The Morgan fingerprint density at radius 1 is 1.15 bits per heavy atom. The summed E-state index contributed by atoms with van der Waals surface area (Å²) in [5.41, 5.74) is 3.14. The Bertz CT molecular complexity index is 961. The number of thioether (sulfide) groups is 1. The lowest BCUT2D eigenvalue weighted by atomic mass is 10.1. The number of fused-ring (bicyclic) bond motifs is 1. The van der Waals surface area contributed by atoms with Gasteiger partial charge in [-0.05, 0) is 24.3 Å². The molecule has 0 radical (unpaired) electrons. The van der Waals surface area contributed by atoms with Gasteiger partial charge in [0.15, 0.2) is 5.16 Å².